The number of para-hydroxylation sites is 3. The Morgan fingerprint density at radius 3 is 1.96 bits per heavy atom. The van der Waals surface area contributed by atoms with Crippen LogP contribution in [0.15, 0.2) is 164 Å². The molecule has 2 aliphatic heterocycles. The van der Waals surface area contributed by atoms with E-state index in [0.717, 1.165) is 34.7 Å². The first-order chi connectivity index (χ1) is 26.2. The highest BCUT2D eigenvalue weighted by Gasteiger charge is 2.17. The first-order valence-electron chi connectivity index (χ1n) is 18.9. The van der Waals surface area contributed by atoms with E-state index in [0.29, 0.717) is 0 Å². The van der Waals surface area contributed by atoms with E-state index in [9.17, 15) is 0 Å². The van der Waals surface area contributed by atoms with Crippen LogP contribution >= 0.6 is 0 Å². The highest BCUT2D eigenvalue weighted by atomic mass is 14.9. The minimum absolute atomic E-state index is 0.255. The molecule has 256 valence electrons. The number of nitrogens with zero attached hydrogens (tertiary/aromatic N) is 2. The van der Waals surface area contributed by atoms with Crippen molar-refractivity contribution in [3.05, 3.63) is 207 Å². The topological polar surface area (TPSA) is 9.34 Å². The molecule has 0 radical (unpaired) electrons. The van der Waals surface area contributed by atoms with Crippen LogP contribution in [0.3, 0.4) is 0 Å². The summed E-state index contributed by atoms with van der Waals surface area (Å²) < 4.78 is 4.83. The predicted octanol–water partition coefficient (Wildman–Crippen LogP) is 10.5. The van der Waals surface area contributed by atoms with Crippen LogP contribution in [0.25, 0.3) is 62.5 Å². The van der Waals surface area contributed by atoms with Crippen molar-refractivity contribution in [3.63, 3.8) is 0 Å². The largest absolute Gasteiger partial charge is 0.317 e. The number of hydrogen-bond acceptors (Lipinski definition) is 0. The van der Waals surface area contributed by atoms with Crippen molar-refractivity contribution in [1.82, 2.24) is 8.97 Å². The molecule has 53 heavy (non-hydrogen) atoms. The molecule has 0 N–H and O–H groups in total. The van der Waals surface area contributed by atoms with Gasteiger partial charge in [-0.2, -0.15) is 0 Å². The van der Waals surface area contributed by atoms with Gasteiger partial charge in [0.1, 0.15) is 0 Å². The molecule has 0 bridgehead atoms. The van der Waals surface area contributed by atoms with Crippen molar-refractivity contribution >= 4 is 56.8 Å². The molecule has 0 saturated carbocycles. The molecular formula is C51H42N2. The summed E-state index contributed by atoms with van der Waals surface area (Å²) in [5.41, 5.74) is 8.72. The molecular weight excluding hydrogens is 641 g/mol. The second-order valence-corrected chi connectivity index (χ2v) is 13.7. The minimum Gasteiger partial charge on any atom is -0.317 e. The molecule has 0 fully saturated rings. The fourth-order valence-electron chi connectivity index (χ4n) is 8.57. The predicted molar refractivity (Wildman–Crippen MR) is 225 cm³/mol. The second-order valence-electron chi connectivity index (χ2n) is 13.7. The SMILES string of the molecule is C=c1c2c3c(n4c5ccccc5c5cccc(c=2ccn(-c2ccc(C(Cc6ccccc6)c6ccccc6)cc2)c2ccccc12)c54)=CCC=3.CC. The summed E-state index contributed by atoms with van der Waals surface area (Å²) in [4.78, 5) is 0. The monoisotopic (exact) mass is 682 g/mol. The van der Waals surface area contributed by atoms with Gasteiger partial charge in [-0.15, -0.1) is 0 Å². The van der Waals surface area contributed by atoms with Crippen LogP contribution in [0.2, 0.25) is 0 Å². The van der Waals surface area contributed by atoms with Crippen molar-refractivity contribution in [3.8, 4) is 5.69 Å². The maximum Gasteiger partial charge on any atom is 0.0619 e. The lowest BCUT2D eigenvalue weighted by molar-refractivity contribution is 0.804. The highest BCUT2D eigenvalue weighted by molar-refractivity contribution is 6.13. The third-order valence-corrected chi connectivity index (χ3v) is 10.9. The number of hydrogen-bond donors (Lipinski definition) is 0. The van der Waals surface area contributed by atoms with Gasteiger partial charge in [0, 0.05) is 44.6 Å². The molecule has 2 heteroatoms. The van der Waals surface area contributed by atoms with E-state index in [4.69, 9.17) is 6.58 Å². The first-order valence-corrected chi connectivity index (χ1v) is 18.9. The van der Waals surface area contributed by atoms with Crippen LogP contribution in [0, 0.1) is 10.4 Å². The van der Waals surface area contributed by atoms with E-state index in [1.165, 1.54) is 64.9 Å². The Morgan fingerprint density at radius 2 is 1.19 bits per heavy atom. The zero-order chi connectivity index (χ0) is 35.9. The number of aromatic nitrogens is 2. The average molecular weight is 683 g/mol. The van der Waals surface area contributed by atoms with Gasteiger partial charge in [-0.3, -0.25) is 0 Å². The van der Waals surface area contributed by atoms with Crippen molar-refractivity contribution in [2.75, 3.05) is 0 Å². The molecule has 3 aliphatic rings. The Labute approximate surface area is 309 Å². The van der Waals surface area contributed by atoms with Crippen LogP contribution in [-0.2, 0) is 6.42 Å². The van der Waals surface area contributed by atoms with E-state index in [2.05, 4.69) is 185 Å². The quantitative estimate of drug-likeness (QED) is 0.171. The van der Waals surface area contributed by atoms with Crippen LogP contribution in [0.4, 0.5) is 0 Å². The zero-order valence-corrected chi connectivity index (χ0v) is 30.3. The summed E-state index contributed by atoms with van der Waals surface area (Å²) in [5, 5.41) is 10.9. The molecule has 3 heterocycles. The van der Waals surface area contributed by atoms with E-state index in [-0.39, 0.29) is 5.92 Å². The standard InChI is InChI=1S/C49H36N2.C2H6/c1-33-38-18-8-10-23-45(38)50(37-28-26-36(27-29-37)44(35-16-6-3-7-17-35)32-34-14-4-2-5-15-34)31-30-40-42-21-12-20-41-39-19-9-11-24-46(39)51(49(41)42)47-25-13-22-43(47)48(33)40;1-2/h2-12,14-31,44H,1,13,32H2;1-2H3. The highest BCUT2D eigenvalue weighted by Crippen LogP contribution is 2.32. The molecule has 2 nitrogen and oxygen atoms in total. The lowest BCUT2D eigenvalue weighted by Crippen LogP contribution is -2.30. The second kappa shape index (κ2) is 13.6. The Hall–Kier alpha value is -6.38. The van der Waals surface area contributed by atoms with Gasteiger partial charge in [0.2, 0.25) is 0 Å². The normalized spacial score (nSPS) is 12.6. The molecule has 6 aromatic carbocycles. The fourth-order valence-corrected chi connectivity index (χ4v) is 8.57. The van der Waals surface area contributed by atoms with Crippen molar-refractivity contribution in [1.29, 1.82) is 0 Å². The van der Waals surface area contributed by atoms with Gasteiger partial charge in [0.25, 0.3) is 0 Å². The molecule has 10 rings (SSSR count). The molecule has 1 unspecified atom stereocenters. The molecule has 1 aromatic heterocycles. The van der Waals surface area contributed by atoms with Crippen molar-refractivity contribution in [2.24, 2.45) is 0 Å². The molecule has 0 saturated heterocycles. The maximum atomic E-state index is 4.86. The van der Waals surface area contributed by atoms with Crippen molar-refractivity contribution in [2.45, 2.75) is 32.6 Å². The number of benzene rings is 6. The zero-order valence-electron chi connectivity index (χ0n) is 30.3. The van der Waals surface area contributed by atoms with E-state index in [1.54, 1.807) is 0 Å². The average Bonchev–Trinajstić information content (AvgIpc) is 3.80. The van der Waals surface area contributed by atoms with E-state index < -0.39 is 0 Å². The van der Waals surface area contributed by atoms with Gasteiger partial charge in [0.15, 0.2) is 0 Å². The van der Waals surface area contributed by atoms with E-state index in [1.807, 2.05) is 13.8 Å². The molecule has 7 aromatic rings. The molecule has 0 amide bonds. The van der Waals surface area contributed by atoms with Gasteiger partial charge >= 0.3 is 0 Å². The van der Waals surface area contributed by atoms with E-state index >= 15 is 0 Å². The van der Waals surface area contributed by atoms with Gasteiger partial charge in [-0.1, -0.05) is 160 Å². The summed E-state index contributed by atoms with van der Waals surface area (Å²) in [6.07, 6.45) is 8.88. The van der Waals surface area contributed by atoms with Crippen LogP contribution in [0.1, 0.15) is 42.9 Å². The molecule has 1 atom stereocenters. The summed E-state index contributed by atoms with van der Waals surface area (Å²) in [6.45, 7) is 8.86. The van der Waals surface area contributed by atoms with Crippen molar-refractivity contribution < 1.29 is 0 Å². The summed E-state index contributed by atoms with van der Waals surface area (Å²) >= 11 is 0. The lowest BCUT2D eigenvalue weighted by Gasteiger charge is -2.19. The third-order valence-electron chi connectivity index (χ3n) is 10.9. The van der Waals surface area contributed by atoms with Gasteiger partial charge in [0.05, 0.1) is 21.9 Å². The maximum absolute atomic E-state index is 4.86. The smallest absolute Gasteiger partial charge is 0.0619 e. The van der Waals surface area contributed by atoms with Crippen LogP contribution in [0.5, 0.6) is 0 Å². The van der Waals surface area contributed by atoms with Crippen LogP contribution < -0.4 is 15.8 Å². The first kappa shape index (κ1) is 32.5. The summed E-state index contributed by atoms with van der Waals surface area (Å²) in [6, 6.07) is 57.5. The Kier molecular flexibility index (Phi) is 8.37. The lowest BCUT2D eigenvalue weighted by atomic mass is 9.86. The Morgan fingerprint density at radius 1 is 0.566 bits per heavy atom. The third kappa shape index (κ3) is 5.41. The van der Waals surface area contributed by atoms with Crippen LogP contribution in [-0.4, -0.2) is 8.97 Å². The minimum atomic E-state index is 0.255. The summed E-state index contributed by atoms with van der Waals surface area (Å²) in [7, 11) is 0. The molecule has 0 spiro atoms. The van der Waals surface area contributed by atoms with Gasteiger partial charge in [-0.05, 0) is 75.5 Å². The fraction of sp³-hybridized carbons (Fsp3) is 0.0980. The number of fused-ring (bicyclic) bond motifs is 8. The Bertz CT molecular complexity index is 3080. The summed E-state index contributed by atoms with van der Waals surface area (Å²) in [5.74, 6) is 0.255. The Balaban J connectivity index is 0.00000183. The number of rotatable bonds is 5. The van der Waals surface area contributed by atoms with Gasteiger partial charge in [-0.25, -0.2) is 0 Å². The molecule has 1 aliphatic carbocycles. The van der Waals surface area contributed by atoms with Gasteiger partial charge < -0.3 is 8.97 Å².